The fraction of sp³-hybridized carbons (Fsp3) is 0.100. The van der Waals surface area contributed by atoms with Crippen LogP contribution in [0.15, 0.2) is 18.3 Å². The van der Waals surface area contributed by atoms with Crippen LogP contribution in [0.1, 0.15) is 5.56 Å². The van der Waals surface area contributed by atoms with Crippen LogP contribution in [0.2, 0.25) is 10.0 Å². The van der Waals surface area contributed by atoms with E-state index in [2.05, 4.69) is 15.5 Å². The van der Waals surface area contributed by atoms with Crippen molar-refractivity contribution in [3.05, 3.63) is 44.1 Å². The van der Waals surface area contributed by atoms with Crippen LogP contribution in [-0.4, -0.2) is 15.1 Å². The van der Waals surface area contributed by atoms with Crippen LogP contribution >= 0.6 is 23.2 Å². The number of aromatic nitrogens is 2. The van der Waals surface area contributed by atoms with Crippen molar-refractivity contribution < 1.29 is 4.92 Å². The molecule has 0 bridgehead atoms. The molecule has 2 rings (SSSR count). The van der Waals surface area contributed by atoms with Crippen molar-refractivity contribution in [3.8, 4) is 0 Å². The Balaban J connectivity index is 2.26. The second kappa shape index (κ2) is 5.33. The molecule has 0 radical (unpaired) electrons. The van der Waals surface area contributed by atoms with Crippen LogP contribution in [0.25, 0.3) is 0 Å². The number of rotatable bonds is 4. The number of hydrogen-bond acceptors (Lipinski definition) is 5. The number of anilines is 2. The molecule has 19 heavy (non-hydrogen) atoms. The molecular formula is C10H9Cl2N5O2. The van der Waals surface area contributed by atoms with E-state index in [-0.39, 0.29) is 28.0 Å². The summed E-state index contributed by atoms with van der Waals surface area (Å²) in [6.45, 7) is 0.279. The average molecular weight is 302 g/mol. The molecule has 4 N–H and O–H groups in total. The quantitative estimate of drug-likeness (QED) is 0.594. The van der Waals surface area contributed by atoms with Gasteiger partial charge in [0, 0.05) is 18.2 Å². The SMILES string of the molecule is Nc1[nH]ncc1CNc1cc(Cl)c(Cl)cc1[N+](=O)[O-]. The van der Waals surface area contributed by atoms with Crippen molar-refractivity contribution in [3.63, 3.8) is 0 Å². The molecule has 0 fully saturated rings. The second-order valence-corrected chi connectivity index (χ2v) is 4.52. The van der Waals surface area contributed by atoms with E-state index < -0.39 is 4.92 Å². The molecule has 0 aliphatic heterocycles. The Labute approximate surface area is 117 Å². The zero-order chi connectivity index (χ0) is 14.0. The van der Waals surface area contributed by atoms with Crippen LogP contribution in [0.5, 0.6) is 0 Å². The molecule has 1 heterocycles. The first-order valence-electron chi connectivity index (χ1n) is 5.14. The number of H-pyrrole nitrogens is 1. The summed E-state index contributed by atoms with van der Waals surface area (Å²) in [5.74, 6) is 0.398. The van der Waals surface area contributed by atoms with Gasteiger partial charge in [-0.15, -0.1) is 0 Å². The van der Waals surface area contributed by atoms with Crippen molar-refractivity contribution in [2.24, 2.45) is 0 Å². The van der Waals surface area contributed by atoms with E-state index in [0.29, 0.717) is 11.4 Å². The molecular weight excluding hydrogens is 293 g/mol. The van der Waals surface area contributed by atoms with Crippen LogP contribution in [0.4, 0.5) is 17.2 Å². The van der Waals surface area contributed by atoms with Crippen LogP contribution in [-0.2, 0) is 6.54 Å². The van der Waals surface area contributed by atoms with Gasteiger partial charge in [0.25, 0.3) is 5.69 Å². The minimum Gasteiger partial charge on any atom is -0.384 e. The lowest BCUT2D eigenvalue weighted by Crippen LogP contribution is -2.04. The van der Waals surface area contributed by atoms with Crippen LogP contribution < -0.4 is 11.1 Å². The smallest absolute Gasteiger partial charge is 0.293 e. The van der Waals surface area contributed by atoms with Gasteiger partial charge in [-0.3, -0.25) is 15.2 Å². The summed E-state index contributed by atoms with van der Waals surface area (Å²) in [5.41, 5.74) is 6.42. The topological polar surface area (TPSA) is 110 Å². The molecule has 0 aliphatic carbocycles. The van der Waals surface area contributed by atoms with E-state index >= 15 is 0 Å². The van der Waals surface area contributed by atoms with E-state index in [4.69, 9.17) is 28.9 Å². The molecule has 0 spiro atoms. The van der Waals surface area contributed by atoms with E-state index in [1.54, 1.807) is 0 Å². The van der Waals surface area contributed by atoms with Crippen molar-refractivity contribution in [2.75, 3.05) is 11.1 Å². The van der Waals surface area contributed by atoms with Gasteiger partial charge in [0.1, 0.15) is 11.5 Å². The molecule has 0 unspecified atom stereocenters. The van der Waals surface area contributed by atoms with E-state index in [9.17, 15) is 10.1 Å². The Bertz CT molecular complexity index is 628. The maximum atomic E-state index is 10.9. The molecule has 9 heteroatoms. The van der Waals surface area contributed by atoms with Crippen molar-refractivity contribution in [1.82, 2.24) is 10.2 Å². The lowest BCUT2D eigenvalue weighted by Gasteiger charge is -2.07. The molecule has 1 aromatic heterocycles. The lowest BCUT2D eigenvalue weighted by atomic mass is 10.2. The molecule has 7 nitrogen and oxygen atoms in total. The predicted octanol–water partition coefficient (Wildman–Crippen LogP) is 2.82. The monoisotopic (exact) mass is 301 g/mol. The number of nitro groups is 1. The molecule has 1 aromatic carbocycles. The van der Waals surface area contributed by atoms with Gasteiger partial charge in [0.2, 0.25) is 0 Å². The number of nitrogens with zero attached hydrogens (tertiary/aromatic N) is 2. The summed E-state index contributed by atoms with van der Waals surface area (Å²) < 4.78 is 0. The fourth-order valence-electron chi connectivity index (χ4n) is 1.48. The highest BCUT2D eigenvalue weighted by molar-refractivity contribution is 6.42. The highest BCUT2D eigenvalue weighted by atomic mass is 35.5. The van der Waals surface area contributed by atoms with Crippen molar-refractivity contribution >= 4 is 40.4 Å². The van der Waals surface area contributed by atoms with Crippen molar-refractivity contribution in [2.45, 2.75) is 6.54 Å². The van der Waals surface area contributed by atoms with Crippen molar-refractivity contribution in [1.29, 1.82) is 0 Å². The molecule has 0 aliphatic rings. The first-order chi connectivity index (χ1) is 8.99. The number of nitro benzene ring substituents is 1. The maximum absolute atomic E-state index is 10.9. The summed E-state index contributed by atoms with van der Waals surface area (Å²) in [4.78, 5) is 10.4. The number of nitrogens with one attached hydrogen (secondary N) is 2. The van der Waals surface area contributed by atoms with Gasteiger partial charge < -0.3 is 11.1 Å². The van der Waals surface area contributed by atoms with E-state index in [1.807, 2.05) is 0 Å². The largest absolute Gasteiger partial charge is 0.384 e. The minimum atomic E-state index is -0.538. The number of halogens is 2. The Morgan fingerprint density at radius 1 is 1.42 bits per heavy atom. The average Bonchev–Trinajstić information content (AvgIpc) is 2.75. The first-order valence-corrected chi connectivity index (χ1v) is 5.89. The van der Waals surface area contributed by atoms with E-state index in [0.717, 1.165) is 0 Å². The third kappa shape index (κ3) is 2.88. The van der Waals surface area contributed by atoms with Gasteiger partial charge in [0.15, 0.2) is 0 Å². The van der Waals surface area contributed by atoms with Crippen LogP contribution in [0, 0.1) is 10.1 Å². The van der Waals surface area contributed by atoms with Gasteiger partial charge in [-0.1, -0.05) is 23.2 Å². The number of aromatic amines is 1. The maximum Gasteiger partial charge on any atom is 0.293 e. The Hall–Kier alpha value is -1.99. The van der Waals surface area contributed by atoms with Gasteiger partial charge in [0.05, 0.1) is 21.2 Å². The fourth-order valence-corrected chi connectivity index (χ4v) is 1.80. The van der Waals surface area contributed by atoms with Gasteiger partial charge >= 0.3 is 0 Å². The van der Waals surface area contributed by atoms with E-state index in [1.165, 1.54) is 18.3 Å². The third-order valence-electron chi connectivity index (χ3n) is 2.46. The molecule has 2 aromatic rings. The first kappa shape index (κ1) is 13.4. The zero-order valence-corrected chi connectivity index (χ0v) is 11.0. The third-order valence-corrected chi connectivity index (χ3v) is 3.18. The highest BCUT2D eigenvalue weighted by Crippen LogP contribution is 2.34. The number of hydrogen-bond donors (Lipinski definition) is 3. The van der Waals surface area contributed by atoms with Gasteiger partial charge in [-0.05, 0) is 6.07 Å². The summed E-state index contributed by atoms with van der Waals surface area (Å²) >= 11 is 11.6. The number of nitrogen functional groups attached to an aromatic ring is 1. The van der Waals surface area contributed by atoms with Crippen LogP contribution in [0.3, 0.4) is 0 Å². The summed E-state index contributed by atoms with van der Waals surface area (Å²) in [5, 5.41) is 20.5. The normalized spacial score (nSPS) is 10.4. The summed E-state index contributed by atoms with van der Waals surface area (Å²) in [7, 11) is 0. The molecule has 0 saturated heterocycles. The molecule has 0 atom stereocenters. The zero-order valence-electron chi connectivity index (χ0n) is 9.48. The number of nitrogens with two attached hydrogens (primary N) is 1. The second-order valence-electron chi connectivity index (χ2n) is 3.70. The minimum absolute atomic E-state index is 0.127. The number of benzene rings is 1. The Kier molecular flexibility index (Phi) is 3.77. The predicted molar refractivity (Wildman–Crippen MR) is 73.4 cm³/mol. The highest BCUT2D eigenvalue weighted by Gasteiger charge is 2.17. The summed E-state index contributed by atoms with van der Waals surface area (Å²) in [6, 6.07) is 2.60. The molecule has 100 valence electrons. The Morgan fingerprint density at radius 3 is 2.68 bits per heavy atom. The summed E-state index contributed by atoms with van der Waals surface area (Å²) in [6.07, 6.45) is 1.53. The van der Waals surface area contributed by atoms with Gasteiger partial charge in [-0.25, -0.2) is 0 Å². The molecule has 0 saturated carbocycles. The molecule has 0 amide bonds. The Morgan fingerprint density at radius 2 is 2.11 bits per heavy atom. The lowest BCUT2D eigenvalue weighted by molar-refractivity contribution is -0.383. The van der Waals surface area contributed by atoms with Gasteiger partial charge in [-0.2, -0.15) is 5.10 Å². The standard InChI is InChI=1S/C10H9Cl2N5O2/c11-6-1-8(9(17(18)19)2-7(6)12)14-3-5-4-15-16-10(5)13/h1-2,4,14H,3H2,(H3,13,15,16).